The molecular formula is C15H19NO4. The zero-order valence-electron chi connectivity index (χ0n) is 11.7. The number of benzene rings is 1. The van der Waals surface area contributed by atoms with Gasteiger partial charge in [0.1, 0.15) is 5.75 Å². The molecule has 1 aromatic rings. The van der Waals surface area contributed by atoms with E-state index in [1.807, 2.05) is 31.2 Å². The minimum atomic E-state index is -0.883. The maximum atomic E-state index is 12.1. The Hall–Kier alpha value is -2.04. The van der Waals surface area contributed by atoms with Crippen LogP contribution in [0.3, 0.4) is 0 Å². The van der Waals surface area contributed by atoms with E-state index in [1.165, 1.54) is 0 Å². The van der Waals surface area contributed by atoms with Crippen LogP contribution in [0.4, 0.5) is 0 Å². The quantitative estimate of drug-likeness (QED) is 0.860. The van der Waals surface area contributed by atoms with E-state index in [0.717, 1.165) is 11.3 Å². The summed E-state index contributed by atoms with van der Waals surface area (Å²) in [5, 5.41) is 8.87. The molecule has 0 aromatic heterocycles. The molecule has 1 aliphatic carbocycles. The maximum absolute atomic E-state index is 12.1. The number of rotatable bonds is 6. The van der Waals surface area contributed by atoms with Crippen LogP contribution in [-0.2, 0) is 16.1 Å². The summed E-state index contributed by atoms with van der Waals surface area (Å²) in [6.45, 7) is 2.91. The molecule has 0 heterocycles. The molecular weight excluding hydrogens is 258 g/mol. The second-order valence-electron chi connectivity index (χ2n) is 5.02. The van der Waals surface area contributed by atoms with Gasteiger partial charge in [-0.3, -0.25) is 9.59 Å². The summed E-state index contributed by atoms with van der Waals surface area (Å²) in [7, 11) is 1.70. The average molecular weight is 277 g/mol. The van der Waals surface area contributed by atoms with Crippen LogP contribution in [0.5, 0.6) is 5.75 Å². The highest BCUT2D eigenvalue weighted by Gasteiger charge is 2.49. The maximum Gasteiger partial charge on any atom is 0.307 e. The third-order valence-electron chi connectivity index (χ3n) is 3.48. The van der Waals surface area contributed by atoms with Crippen LogP contribution in [0.25, 0.3) is 0 Å². The molecule has 0 radical (unpaired) electrons. The lowest BCUT2D eigenvalue weighted by Gasteiger charge is -2.19. The van der Waals surface area contributed by atoms with Crippen molar-refractivity contribution in [1.82, 2.24) is 4.90 Å². The summed E-state index contributed by atoms with van der Waals surface area (Å²) in [4.78, 5) is 24.5. The molecule has 1 aromatic carbocycles. The molecule has 108 valence electrons. The number of hydrogen-bond donors (Lipinski definition) is 1. The molecule has 1 fully saturated rings. The fourth-order valence-corrected chi connectivity index (χ4v) is 2.29. The molecule has 1 amide bonds. The van der Waals surface area contributed by atoms with Crippen LogP contribution in [0.15, 0.2) is 24.3 Å². The molecule has 1 N–H and O–H groups in total. The van der Waals surface area contributed by atoms with E-state index in [2.05, 4.69) is 0 Å². The highest BCUT2D eigenvalue weighted by atomic mass is 16.5. The number of carboxylic acid groups (broad SMARTS) is 1. The van der Waals surface area contributed by atoms with E-state index in [0.29, 0.717) is 19.6 Å². The molecule has 0 aliphatic heterocycles. The van der Waals surface area contributed by atoms with E-state index in [1.54, 1.807) is 11.9 Å². The van der Waals surface area contributed by atoms with Crippen molar-refractivity contribution in [1.29, 1.82) is 0 Å². The normalized spacial score (nSPS) is 20.3. The summed E-state index contributed by atoms with van der Waals surface area (Å²) in [5.41, 5.74) is 0.928. The van der Waals surface area contributed by atoms with Crippen LogP contribution in [0.2, 0.25) is 0 Å². The van der Waals surface area contributed by atoms with Crippen molar-refractivity contribution >= 4 is 11.9 Å². The molecule has 1 aliphatic rings. The molecule has 0 saturated heterocycles. The van der Waals surface area contributed by atoms with Crippen molar-refractivity contribution in [3.63, 3.8) is 0 Å². The minimum absolute atomic E-state index is 0.108. The highest BCUT2D eigenvalue weighted by Crippen LogP contribution is 2.40. The second kappa shape index (κ2) is 5.94. The van der Waals surface area contributed by atoms with Crippen molar-refractivity contribution in [2.24, 2.45) is 11.8 Å². The Balaban J connectivity index is 2.00. The van der Waals surface area contributed by atoms with Gasteiger partial charge in [0.25, 0.3) is 0 Å². The average Bonchev–Trinajstić information content (AvgIpc) is 3.20. The predicted octanol–water partition coefficient (Wildman–Crippen LogP) is 1.76. The Morgan fingerprint density at radius 1 is 1.35 bits per heavy atom. The van der Waals surface area contributed by atoms with Gasteiger partial charge in [0.2, 0.25) is 5.91 Å². The first-order valence-electron chi connectivity index (χ1n) is 6.73. The van der Waals surface area contributed by atoms with Gasteiger partial charge in [-0.05, 0) is 19.4 Å². The number of amides is 1. The molecule has 5 nitrogen and oxygen atoms in total. The van der Waals surface area contributed by atoms with Crippen molar-refractivity contribution < 1.29 is 19.4 Å². The molecule has 1 saturated carbocycles. The van der Waals surface area contributed by atoms with E-state index < -0.39 is 11.9 Å². The molecule has 2 atom stereocenters. The number of ether oxygens (including phenoxy) is 1. The zero-order chi connectivity index (χ0) is 14.7. The number of nitrogens with zero attached hydrogens (tertiary/aromatic N) is 1. The molecule has 0 bridgehead atoms. The lowest BCUT2D eigenvalue weighted by molar-refractivity contribution is -0.141. The smallest absolute Gasteiger partial charge is 0.307 e. The molecule has 5 heteroatoms. The van der Waals surface area contributed by atoms with Gasteiger partial charge < -0.3 is 14.7 Å². The number of carboxylic acids is 1. The number of carbonyl (C=O) groups is 2. The number of carbonyl (C=O) groups excluding carboxylic acids is 1. The highest BCUT2D eigenvalue weighted by molar-refractivity contribution is 5.89. The van der Waals surface area contributed by atoms with Gasteiger partial charge in [-0.1, -0.05) is 18.2 Å². The molecule has 0 unspecified atom stereocenters. The summed E-state index contributed by atoms with van der Waals surface area (Å²) in [6.07, 6.45) is 0.450. The van der Waals surface area contributed by atoms with Gasteiger partial charge in [-0.15, -0.1) is 0 Å². The Labute approximate surface area is 118 Å². The SMILES string of the molecule is CCOc1ccccc1CN(C)C(=O)[C@H]1C[C@H]1C(=O)O. The van der Waals surface area contributed by atoms with Gasteiger partial charge in [0.05, 0.1) is 18.4 Å². The largest absolute Gasteiger partial charge is 0.494 e. The molecule has 0 spiro atoms. The van der Waals surface area contributed by atoms with Crippen LogP contribution in [0, 0.1) is 11.8 Å². The lowest BCUT2D eigenvalue weighted by atomic mass is 10.2. The van der Waals surface area contributed by atoms with Crippen LogP contribution in [0.1, 0.15) is 18.9 Å². The van der Waals surface area contributed by atoms with Crippen LogP contribution in [-0.4, -0.2) is 35.5 Å². The van der Waals surface area contributed by atoms with Gasteiger partial charge in [0, 0.05) is 19.2 Å². The van der Waals surface area contributed by atoms with Gasteiger partial charge in [0.15, 0.2) is 0 Å². The number of para-hydroxylation sites is 1. The van der Waals surface area contributed by atoms with Crippen molar-refractivity contribution in [2.45, 2.75) is 19.9 Å². The van der Waals surface area contributed by atoms with E-state index >= 15 is 0 Å². The van der Waals surface area contributed by atoms with Crippen LogP contribution >= 0.6 is 0 Å². The monoisotopic (exact) mass is 277 g/mol. The standard InChI is InChI=1S/C15H19NO4/c1-3-20-13-7-5-4-6-10(13)9-16(2)14(17)11-8-12(11)15(18)19/h4-7,11-12H,3,8-9H2,1-2H3,(H,18,19)/t11-,12+/m0/s1. The van der Waals surface area contributed by atoms with Crippen molar-refractivity contribution in [3.05, 3.63) is 29.8 Å². The summed E-state index contributed by atoms with van der Waals surface area (Å²) >= 11 is 0. The fourth-order valence-electron chi connectivity index (χ4n) is 2.29. The lowest BCUT2D eigenvalue weighted by Crippen LogP contribution is -2.29. The third kappa shape index (κ3) is 3.10. The topological polar surface area (TPSA) is 66.8 Å². The first kappa shape index (κ1) is 14.4. The second-order valence-corrected chi connectivity index (χ2v) is 5.02. The molecule has 20 heavy (non-hydrogen) atoms. The van der Waals surface area contributed by atoms with Gasteiger partial charge in [-0.25, -0.2) is 0 Å². The van der Waals surface area contributed by atoms with E-state index in [4.69, 9.17) is 9.84 Å². The van der Waals surface area contributed by atoms with Crippen LogP contribution < -0.4 is 4.74 Å². The Morgan fingerprint density at radius 2 is 2.05 bits per heavy atom. The Kier molecular flexibility index (Phi) is 4.27. The van der Waals surface area contributed by atoms with E-state index in [-0.39, 0.29) is 11.8 Å². The zero-order valence-corrected chi connectivity index (χ0v) is 11.7. The van der Waals surface area contributed by atoms with Gasteiger partial charge in [-0.2, -0.15) is 0 Å². The summed E-state index contributed by atoms with van der Waals surface area (Å²) in [6, 6.07) is 7.57. The number of hydrogen-bond acceptors (Lipinski definition) is 3. The number of aliphatic carboxylic acids is 1. The van der Waals surface area contributed by atoms with E-state index in [9.17, 15) is 9.59 Å². The first-order valence-corrected chi connectivity index (χ1v) is 6.73. The predicted molar refractivity (Wildman–Crippen MR) is 73.3 cm³/mol. The third-order valence-corrected chi connectivity index (χ3v) is 3.48. The molecule has 2 rings (SSSR count). The summed E-state index contributed by atoms with van der Waals surface area (Å²) in [5.74, 6) is -1.10. The van der Waals surface area contributed by atoms with Gasteiger partial charge >= 0.3 is 5.97 Å². The summed E-state index contributed by atoms with van der Waals surface area (Å²) < 4.78 is 5.52. The van der Waals surface area contributed by atoms with Crippen molar-refractivity contribution in [2.75, 3.05) is 13.7 Å². The minimum Gasteiger partial charge on any atom is -0.494 e. The Bertz CT molecular complexity index is 514. The Morgan fingerprint density at radius 3 is 2.65 bits per heavy atom. The fraction of sp³-hybridized carbons (Fsp3) is 0.467. The van der Waals surface area contributed by atoms with Crippen molar-refractivity contribution in [3.8, 4) is 5.75 Å². The first-order chi connectivity index (χ1) is 9.54.